The van der Waals surface area contributed by atoms with Crippen molar-refractivity contribution in [3.05, 3.63) is 45.9 Å². The molecule has 0 aliphatic carbocycles. The minimum absolute atomic E-state index is 0.0215. The summed E-state index contributed by atoms with van der Waals surface area (Å²) in [7, 11) is 0. The molecule has 0 saturated heterocycles. The zero-order chi connectivity index (χ0) is 16.2. The van der Waals surface area contributed by atoms with Gasteiger partial charge in [-0.05, 0) is 31.0 Å². The summed E-state index contributed by atoms with van der Waals surface area (Å²) in [6.07, 6.45) is 0.799. The topological polar surface area (TPSA) is 59.4 Å². The van der Waals surface area contributed by atoms with Gasteiger partial charge in [0.25, 0.3) is 0 Å². The van der Waals surface area contributed by atoms with Crippen LogP contribution < -0.4 is 4.74 Å². The van der Waals surface area contributed by atoms with Crippen LogP contribution in [0, 0.1) is 6.92 Å². The van der Waals surface area contributed by atoms with Gasteiger partial charge in [0, 0.05) is 10.8 Å². The van der Waals surface area contributed by atoms with Crippen LogP contribution in [0.25, 0.3) is 0 Å². The zero-order valence-corrected chi connectivity index (χ0v) is 13.9. The average molecular weight is 319 g/mol. The number of thiazole rings is 1. The van der Waals surface area contributed by atoms with Gasteiger partial charge >= 0.3 is 5.97 Å². The third kappa shape index (κ3) is 4.56. The van der Waals surface area contributed by atoms with Crippen molar-refractivity contribution in [1.82, 2.24) is 4.98 Å². The van der Waals surface area contributed by atoms with E-state index >= 15 is 0 Å². The number of aliphatic carboxylic acids is 1. The Morgan fingerprint density at radius 1 is 1.41 bits per heavy atom. The fraction of sp³-hybridized carbons (Fsp3) is 0.412. The Balaban J connectivity index is 1.93. The molecule has 2 rings (SSSR count). The number of aromatic nitrogens is 1. The second-order valence-corrected chi connectivity index (χ2v) is 6.87. The zero-order valence-electron chi connectivity index (χ0n) is 13.1. The van der Waals surface area contributed by atoms with E-state index in [2.05, 4.69) is 18.8 Å². The second kappa shape index (κ2) is 6.92. The molecule has 0 unspecified atom stereocenters. The van der Waals surface area contributed by atoms with Crippen molar-refractivity contribution in [2.45, 2.75) is 39.0 Å². The van der Waals surface area contributed by atoms with Crippen LogP contribution in [-0.2, 0) is 16.6 Å². The standard InChI is InChI=1S/C17H21NO3S/c1-12-5-4-6-14(9-12)21-8-7-17(2,3)16-18-13(11-22-16)10-15(19)20/h4-6,9,11H,7-8,10H2,1-3H3,(H,19,20). The van der Waals surface area contributed by atoms with Crippen LogP contribution in [0.4, 0.5) is 0 Å². The first-order valence-electron chi connectivity index (χ1n) is 7.23. The lowest BCUT2D eigenvalue weighted by atomic mass is 9.90. The van der Waals surface area contributed by atoms with E-state index in [0.717, 1.165) is 17.2 Å². The van der Waals surface area contributed by atoms with Crippen LogP contribution in [0.3, 0.4) is 0 Å². The third-order valence-corrected chi connectivity index (χ3v) is 4.71. The molecule has 0 aliphatic rings. The minimum atomic E-state index is -0.850. The molecule has 1 N–H and O–H groups in total. The maximum absolute atomic E-state index is 10.7. The van der Waals surface area contributed by atoms with E-state index in [9.17, 15) is 4.79 Å². The predicted molar refractivity (Wildman–Crippen MR) is 87.8 cm³/mol. The fourth-order valence-corrected chi connectivity index (χ4v) is 3.06. The number of rotatable bonds is 7. The van der Waals surface area contributed by atoms with E-state index in [1.807, 2.05) is 36.6 Å². The quantitative estimate of drug-likeness (QED) is 0.842. The number of hydrogen-bond acceptors (Lipinski definition) is 4. The Morgan fingerprint density at radius 2 is 2.18 bits per heavy atom. The fourth-order valence-electron chi connectivity index (χ4n) is 2.09. The highest BCUT2D eigenvalue weighted by molar-refractivity contribution is 7.09. The van der Waals surface area contributed by atoms with Gasteiger partial charge in [0.05, 0.1) is 23.7 Å². The van der Waals surface area contributed by atoms with Crippen molar-refractivity contribution in [1.29, 1.82) is 0 Å². The highest BCUT2D eigenvalue weighted by atomic mass is 32.1. The lowest BCUT2D eigenvalue weighted by Gasteiger charge is -2.22. The summed E-state index contributed by atoms with van der Waals surface area (Å²) >= 11 is 1.52. The van der Waals surface area contributed by atoms with Gasteiger partial charge in [-0.1, -0.05) is 26.0 Å². The Kier molecular flexibility index (Phi) is 5.19. The molecule has 0 fully saturated rings. The number of carboxylic acid groups (broad SMARTS) is 1. The van der Waals surface area contributed by atoms with Crippen molar-refractivity contribution in [3.8, 4) is 5.75 Å². The smallest absolute Gasteiger partial charge is 0.309 e. The van der Waals surface area contributed by atoms with Crippen LogP contribution in [0.15, 0.2) is 29.6 Å². The SMILES string of the molecule is Cc1cccc(OCCC(C)(C)c2nc(CC(=O)O)cs2)c1. The summed E-state index contributed by atoms with van der Waals surface area (Å²) in [5.41, 5.74) is 1.67. The monoisotopic (exact) mass is 319 g/mol. The highest BCUT2D eigenvalue weighted by Crippen LogP contribution is 2.30. The molecule has 2 aromatic rings. The van der Waals surface area contributed by atoms with E-state index < -0.39 is 5.97 Å². The summed E-state index contributed by atoms with van der Waals surface area (Å²) in [5.74, 6) is 0.0268. The van der Waals surface area contributed by atoms with Gasteiger partial charge < -0.3 is 9.84 Å². The minimum Gasteiger partial charge on any atom is -0.494 e. The summed E-state index contributed by atoms with van der Waals surface area (Å²) in [4.78, 5) is 15.2. The van der Waals surface area contributed by atoms with Crippen molar-refractivity contribution in [3.63, 3.8) is 0 Å². The first-order chi connectivity index (χ1) is 10.4. The van der Waals surface area contributed by atoms with E-state index in [4.69, 9.17) is 9.84 Å². The number of hydrogen-bond donors (Lipinski definition) is 1. The molecule has 118 valence electrons. The Hall–Kier alpha value is -1.88. The van der Waals surface area contributed by atoms with Gasteiger partial charge in [0.2, 0.25) is 0 Å². The molecule has 0 atom stereocenters. The molecule has 5 heteroatoms. The molecule has 0 spiro atoms. The first kappa shape index (κ1) is 16.5. The molecular formula is C17H21NO3S. The van der Waals surface area contributed by atoms with Crippen LogP contribution in [0.5, 0.6) is 5.75 Å². The molecular weight excluding hydrogens is 298 g/mol. The highest BCUT2D eigenvalue weighted by Gasteiger charge is 2.24. The van der Waals surface area contributed by atoms with E-state index in [-0.39, 0.29) is 11.8 Å². The number of nitrogens with zero attached hydrogens (tertiary/aromatic N) is 1. The van der Waals surface area contributed by atoms with Crippen LogP contribution in [0.1, 0.15) is 36.5 Å². The molecule has 22 heavy (non-hydrogen) atoms. The van der Waals surface area contributed by atoms with Gasteiger partial charge in [-0.2, -0.15) is 0 Å². The lowest BCUT2D eigenvalue weighted by molar-refractivity contribution is -0.136. The van der Waals surface area contributed by atoms with Gasteiger partial charge in [-0.3, -0.25) is 4.79 Å². The predicted octanol–water partition coefficient (Wildman–Crippen LogP) is 3.83. The van der Waals surface area contributed by atoms with Crippen molar-refractivity contribution >= 4 is 17.3 Å². The molecule has 0 amide bonds. The van der Waals surface area contributed by atoms with Gasteiger partial charge in [0.1, 0.15) is 5.75 Å². The van der Waals surface area contributed by atoms with Crippen LogP contribution in [-0.4, -0.2) is 22.7 Å². The lowest BCUT2D eigenvalue weighted by Crippen LogP contribution is -2.20. The Bertz CT molecular complexity index is 649. The average Bonchev–Trinajstić information content (AvgIpc) is 2.87. The number of benzene rings is 1. The third-order valence-electron chi connectivity index (χ3n) is 3.45. The van der Waals surface area contributed by atoms with Crippen LogP contribution >= 0.6 is 11.3 Å². The number of carboxylic acids is 1. The summed E-state index contributed by atoms with van der Waals surface area (Å²) in [5, 5.41) is 11.6. The van der Waals surface area contributed by atoms with Crippen molar-refractivity contribution in [2.75, 3.05) is 6.61 Å². The van der Waals surface area contributed by atoms with Crippen LogP contribution in [0.2, 0.25) is 0 Å². The van der Waals surface area contributed by atoms with E-state index in [1.54, 1.807) is 0 Å². The van der Waals surface area contributed by atoms with E-state index in [0.29, 0.717) is 12.3 Å². The molecule has 0 radical (unpaired) electrons. The second-order valence-electron chi connectivity index (χ2n) is 6.01. The van der Waals surface area contributed by atoms with Crippen molar-refractivity contribution < 1.29 is 14.6 Å². The molecule has 0 aliphatic heterocycles. The molecule has 4 nitrogen and oxygen atoms in total. The Morgan fingerprint density at radius 3 is 2.86 bits per heavy atom. The van der Waals surface area contributed by atoms with Gasteiger partial charge in [0.15, 0.2) is 0 Å². The molecule has 0 saturated carbocycles. The first-order valence-corrected chi connectivity index (χ1v) is 8.11. The maximum Gasteiger partial charge on any atom is 0.309 e. The van der Waals surface area contributed by atoms with Gasteiger partial charge in [-0.25, -0.2) is 4.98 Å². The molecule has 1 aromatic carbocycles. The Labute approximate surface area is 134 Å². The van der Waals surface area contributed by atoms with Gasteiger partial charge in [-0.15, -0.1) is 11.3 Å². The largest absolute Gasteiger partial charge is 0.494 e. The number of carbonyl (C=O) groups is 1. The molecule has 0 bridgehead atoms. The summed E-state index contributed by atoms with van der Waals surface area (Å²) in [6, 6.07) is 7.99. The summed E-state index contributed by atoms with van der Waals surface area (Å²) in [6.45, 7) is 6.85. The molecule has 1 heterocycles. The van der Waals surface area contributed by atoms with E-state index in [1.165, 1.54) is 16.9 Å². The number of aryl methyl sites for hydroxylation is 1. The molecule has 1 aromatic heterocycles. The summed E-state index contributed by atoms with van der Waals surface area (Å²) < 4.78 is 5.80. The number of ether oxygens (including phenoxy) is 1. The van der Waals surface area contributed by atoms with Crippen molar-refractivity contribution in [2.24, 2.45) is 0 Å². The maximum atomic E-state index is 10.7. The normalized spacial score (nSPS) is 11.4.